The van der Waals surface area contributed by atoms with Gasteiger partial charge in [0.1, 0.15) is 43.3 Å². The number of fused-ring (bicyclic) bond motifs is 1. The molecule has 398 valence electrons. The van der Waals surface area contributed by atoms with Crippen molar-refractivity contribution in [1.29, 1.82) is 0 Å². The van der Waals surface area contributed by atoms with Crippen molar-refractivity contribution < 1.29 is 43.2 Å². The number of primary amides is 1. The van der Waals surface area contributed by atoms with Crippen LogP contribution in [0.5, 0.6) is 0 Å². The van der Waals surface area contributed by atoms with E-state index in [2.05, 4.69) is 51.8 Å². The molecular formula is C50H69N15O9. The van der Waals surface area contributed by atoms with Crippen molar-refractivity contribution in [1.82, 2.24) is 56.7 Å². The number of imidazole rings is 1. The first kappa shape index (κ1) is 56.6. The Morgan fingerprint density at radius 1 is 0.784 bits per heavy atom. The van der Waals surface area contributed by atoms with Gasteiger partial charge < -0.3 is 68.9 Å². The van der Waals surface area contributed by atoms with Crippen molar-refractivity contribution in [3.63, 3.8) is 0 Å². The molecule has 5 rings (SSSR count). The van der Waals surface area contributed by atoms with Gasteiger partial charge in [-0.05, 0) is 49.3 Å². The summed E-state index contributed by atoms with van der Waals surface area (Å²) < 4.78 is 0. The topological polar surface area (TPSA) is 367 Å². The number of hydrogen-bond donors (Lipinski definition) is 11. The van der Waals surface area contributed by atoms with Crippen LogP contribution in [0.2, 0.25) is 0 Å². The molecule has 24 heteroatoms. The number of nitrogens with zero attached hydrogens (tertiary/aromatic N) is 4. The minimum atomic E-state index is -1.40. The third kappa shape index (κ3) is 18.1. The van der Waals surface area contributed by atoms with Crippen LogP contribution in [-0.4, -0.2) is 153 Å². The number of rotatable bonds is 17. The molecular weight excluding hydrogens is 955 g/mol. The normalized spacial score (nSPS) is 19.5. The fourth-order valence-corrected chi connectivity index (χ4v) is 8.51. The molecule has 0 unspecified atom stereocenters. The Morgan fingerprint density at radius 3 is 2.15 bits per heavy atom. The molecule has 74 heavy (non-hydrogen) atoms. The van der Waals surface area contributed by atoms with E-state index in [0.29, 0.717) is 29.7 Å². The van der Waals surface area contributed by atoms with Gasteiger partial charge in [0.25, 0.3) is 0 Å². The lowest BCUT2D eigenvalue weighted by Gasteiger charge is -2.29. The van der Waals surface area contributed by atoms with E-state index in [9.17, 15) is 43.2 Å². The summed E-state index contributed by atoms with van der Waals surface area (Å²) in [5, 5.41) is 17.2. The summed E-state index contributed by atoms with van der Waals surface area (Å²) >= 11 is 0. The number of para-hydroxylation sites is 1. The molecule has 0 radical (unpaired) electrons. The molecule has 1 aliphatic heterocycles. The third-order valence-corrected chi connectivity index (χ3v) is 12.2. The molecule has 2 aromatic heterocycles. The number of nitrogens with one attached hydrogen (secondary N) is 8. The highest BCUT2D eigenvalue weighted by Gasteiger charge is 2.35. The van der Waals surface area contributed by atoms with Gasteiger partial charge in [-0.2, -0.15) is 0 Å². The van der Waals surface area contributed by atoms with Crippen molar-refractivity contribution in [3.8, 4) is 0 Å². The van der Waals surface area contributed by atoms with E-state index >= 15 is 0 Å². The van der Waals surface area contributed by atoms with Gasteiger partial charge in [-0.3, -0.25) is 48.1 Å². The number of H-pyrrole nitrogens is 2. The number of hydrogen-bond acceptors (Lipinski definition) is 11. The number of nitrogens with two attached hydrogens (primary N) is 3. The molecule has 2 aromatic carbocycles. The van der Waals surface area contributed by atoms with Gasteiger partial charge in [0, 0.05) is 74.8 Å². The average Bonchev–Trinajstić information content (AvgIpc) is 4.04. The maximum atomic E-state index is 14.7. The second-order valence-corrected chi connectivity index (χ2v) is 18.2. The van der Waals surface area contributed by atoms with Crippen LogP contribution in [-0.2, 0) is 62.4 Å². The van der Waals surface area contributed by atoms with Gasteiger partial charge in [-0.15, -0.1) is 0 Å². The van der Waals surface area contributed by atoms with Crippen LogP contribution in [0.15, 0.2) is 78.3 Å². The first-order valence-corrected chi connectivity index (χ1v) is 24.7. The number of unbranched alkanes of at least 4 members (excludes halogenated alkanes) is 1. The largest absolute Gasteiger partial charge is 0.370 e. The predicted molar refractivity (Wildman–Crippen MR) is 274 cm³/mol. The van der Waals surface area contributed by atoms with Crippen molar-refractivity contribution in [3.05, 3.63) is 90.1 Å². The lowest BCUT2D eigenvalue weighted by molar-refractivity contribution is -0.142. The van der Waals surface area contributed by atoms with Gasteiger partial charge in [-0.25, -0.2) is 4.98 Å². The molecule has 1 fully saturated rings. The first-order chi connectivity index (χ1) is 35.5. The Labute approximate surface area is 428 Å². The Kier molecular flexibility index (Phi) is 21.9. The fraction of sp³-hybridized carbons (Fsp3) is 0.460. The molecule has 5 atom stereocenters. The number of carbonyl (C=O) groups excluding carboxylic acids is 9. The van der Waals surface area contributed by atoms with Gasteiger partial charge >= 0.3 is 0 Å². The molecule has 3 heterocycles. The van der Waals surface area contributed by atoms with Crippen molar-refractivity contribution in [2.24, 2.45) is 22.2 Å². The molecule has 0 aliphatic carbocycles. The van der Waals surface area contributed by atoms with E-state index in [1.807, 2.05) is 31.2 Å². The number of aromatic amines is 2. The number of aromatic nitrogens is 3. The second kappa shape index (κ2) is 28.7. The van der Waals surface area contributed by atoms with Crippen molar-refractivity contribution in [2.75, 3.05) is 39.3 Å². The lowest BCUT2D eigenvalue weighted by Crippen LogP contribution is -2.60. The summed E-state index contributed by atoms with van der Waals surface area (Å²) in [5.74, 6) is -6.78. The number of guanidine groups is 1. The Balaban J connectivity index is 1.57. The average molecular weight is 1020 g/mol. The van der Waals surface area contributed by atoms with Crippen molar-refractivity contribution in [2.45, 2.75) is 108 Å². The predicted octanol–water partition coefficient (Wildman–Crippen LogP) is -1.34. The van der Waals surface area contributed by atoms with Gasteiger partial charge in [0.05, 0.1) is 12.9 Å². The summed E-state index contributed by atoms with van der Waals surface area (Å²) in [5.41, 5.74) is 19.3. The molecule has 1 saturated heterocycles. The van der Waals surface area contributed by atoms with Crippen LogP contribution in [0.4, 0.5) is 0 Å². The summed E-state index contributed by atoms with van der Waals surface area (Å²) in [6, 6.07) is 9.58. The van der Waals surface area contributed by atoms with Crippen molar-refractivity contribution >= 4 is 70.0 Å². The number of amides is 9. The number of aliphatic imine (C=N–C) groups is 1. The lowest BCUT2D eigenvalue weighted by atomic mass is 10.0. The fourth-order valence-electron chi connectivity index (χ4n) is 8.51. The summed E-state index contributed by atoms with van der Waals surface area (Å²) in [6.07, 6.45) is 6.31. The van der Waals surface area contributed by atoms with Crippen LogP contribution in [0, 0.1) is 0 Å². The highest BCUT2D eigenvalue weighted by molar-refractivity contribution is 5.98. The molecule has 1 aliphatic rings. The Hall–Kier alpha value is -8.31. The van der Waals surface area contributed by atoms with Gasteiger partial charge in [-0.1, -0.05) is 68.3 Å². The van der Waals surface area contributed by atoms with Crippen LogP contribution < -0.4 is 49.1 Å². The summed E-state index contributed by atoms with van der Waals surface area (Å²) in [4.78, 5) is 142. The molecule has 14 N–H and O–H groups in total. The minimum Gasteiger partial charge on any atom is -0.370 e. The number of carbonyl (C=O) groups is 9. The summed E-state index contributed by atoms with van der Waals surface area (Å²) in [7, 11) is 0. The SMILES string of the molecule is CCCC[C@H](NC(C)=O)C(=O)N1CC(=O)NCCCCN(CC(N)=O)C(=O)[C@H](Cc2c[nH]c3ccccc23)NC(=O)[C@H](CCCN=C(N)N)NC(=O)[C@@H](Cc2ccccc2)NC(=O)[C@H](Cc2cnc[nH]2)NC(=O)C1. The van der Waals surface area contributed by atoms with E-state index in [4.69, 9.17) is 17.2 Å². The Morgan fingerprint density at radius 2 is 1.46 bits per heavy atom. The maximum absolute atomic E-state index is 14.7. The Bertz CT molecular complexity index is 2580. The first-order valence-electron chi connectivity index (χ1n) is 24.7. The van der Waals surface area contributed by atoms with E-state index in [1.54, 1.807) is 36.5 Å². The zero-order valence-electron chi connectivity index (χ0n) is 41.8. The van der Waals surface area contributed by atoms with E-state index in [1.165, 1.54) is 24.3 Å². The van der Waals surface area contributed by atoms with Crippen LogP contribution in [0.1, 0.15) is 75.6 Å². The van der Waals surface area contributed by atoms with Gasteiger partial charge in [0.2, 0.25) is 53.2 Å². The molecule has 9 amide bonds. The zero-order chi connectivity index (χ0) is 53.6. The highest BCUT2D eigenvalue weighted by Crippen LogP contribution is 2.20. The number of benzene rings is 2. The molecule has 0 bridgehead atoms. The van der Waals surface area contributed by atoms with Crippen LogP contribution in [0.3, 0.4) is 0 Å². The van der Waals surface area contributed by atoms with E-state index in [-0.39, 0.29) is 77.0 Å². The molecule has 4 aromatic rings. The van der Waals surface area contributed by atoms with Gasteiger partial charge in [0.15, 0.2) is 5.96 Å². The molecule has 0 spiro atoms. The molecule has 0 saturated carbocycles. The third-order valence-electron chi connectivity index (χ3n) is 12.2. The van der Waals surface area contributed by atoms with Crippen LogP contribution >= 0.6 is 0 Å². The smallest absolute Gasteiger partial charge is 0.246 e. The quantitative estimate of drug-likeness (QED) is 0.0333. The maximum Gasteiger partial charge on any atom is 0.246 e. The van der Waals surface area contributed by atoms with E-state index in [0.717, 1.165) is 15.8 Å². The zero-order valence-corrected chi connectivity index (χ0v) is 41.8. The standard InChI is InChI=1S/C50H69N15O9/c1-3-4-16-38(59-31(2)66)48(73)65-28-43(68)55-19-10-11-21-64(27-42(51)67)49(74)41(23-33-25-57-36-17-9-8-15-35(33)36)63-45(70)37(18-12-20-56-50(52)53)61-46(71)39(22-32-13-6-5-7-14-32)62-47(72)40(60-44(69)29-65)24-34-26-54-30-58-34/h5-9,13-15,17,25-26,30,37-41,57H,3-4,10-12,16,18-24,27-29H2,1-2H3,(H2,51,67)(H,54,58)(H,55,68)(H,59,66)(H,60,69)(H,61,71)(H,62,72)(H,63,70)(H4,52,53,56)/t37-,38-,39+,40-,41-/m0/s1. The molecule has 24 nitrogen and oxygen atoms in total. The summed E-state index contributed by atoms with van der Waals surface area (Å²) in [6.45, 7) is 1.40. The van der Waals surface area contributed by atoms with Crippen LogP contribution in [0.25, 0.3) is 10.9 Å². The highest BCUT2D eigenvalue weighted by atomic mass is 16.2. The second-order valence-electron chi connectivity index (χ2n) is 18.2. The monoisotopic (exact) mass is 1020 g/mol. The minimum absolute atomic E-state index is 0.0300. The van der Waals surface area contributed by atoms with E-state index < -0.39 is 103 Å².